The number of rotatable bonds is 7. The van der Waals surface area contributed by atoms with Gasteiger partial charge in [-0.2, -0.15) is 0 Å². The van der Waals surface area contributed by atoms with Crippen molar-refractivity contribution in [3.63, 3.8) is 0 Å². The molecule has 1 aromatic carbocycles. The van der Waals surface area contributed by atoms with Crippen LogP contribution in [0.5, 0.6) is 0 Å². The molecule has 2 N–H and O–H groups in total. The van der Waals surface area contributed by atoms with Gasteiger partial charge in [-0.3, -0.25) is 4.79 Å². The maximum absolute atomic E-state index is 11.9. The van der Waals surface area contributed by atoms with Gasteiger partial charge in [0, 0.05) is 24.7 Å². The van der Waals surface area contributed by atoms with Crippen molar-refractivity contribution in [1.82, 2.24) is 5.32 Å². The average Bonchev–Trinajstić information content (AvgIpc) is 2.87. The van der Waals surface area contributed by atoms with Crippen LogP contribution in [0.3, 0.4) is 0 Å². The van der Waals surface area contributed by atoms with Crippen molar-refractivity contribution in [2.24, 2.45) is 0 Å². The van der Waals surface area contributed by atoms with E-state index < -0.39 is 15.8 Å². The molecule has 2 rings (SSSR count). The van der Waals surface area contributed by atoms with Gasteiger partial charge in [0.05, 0.1) is 23.7 Å². The lowest BCUT2D eigenvalue weighted by atomic mass is 10.2. The first-order valence-corrected chi connectivity index (χ1v) is 9.72. The van der Waals surface area contributed by atoms with Crippen LogP contribution in [-0.2, 0) is 19.4 Å². The second kappa shape index (κ2) is 8.25. The van der Waals surface area contributed by atoms with E-state index >= 15 is 0 Å². The summed E-state index contributed by atoms with van der Waals surface area (Å²) in [6.45, 7) is 2.47. The highest BCUT2D eigenvalue weighted by atomic mass is 32.2. The Morgan fingerprint density at radius 2 is 1.96 bits per heavy atom. The summed E-state index contributed by atoms with van der Waals surface area (Å²) < 4.78 is 27.6. The van der Waals surface area contributed by atoms with Crippen LogP contribution in [0.25, 0.3) is 0 Å². The van der Waals surface area contributed by atoms with Gasteiger partial charge >= 0.3 is 5.97 Å². The molecule has 0 saturated carbocycles. The Morgan fingerprint density at radius 1 is 1.25 bits per heavy atom. The molecule has 1 saturated heterocycles. The molecule has 1 amide bonds. The normalized spacial score (nSPS) is 19.0. The predicted molar refractivity (Wildman–Crippen MR) is 90.7 cm³/mol. The molecule has 24 heavy (non-hydrogen) atoms. The molecule has 0 radical (unpaired) electrons. The second-order valence-corrected chi connectivity index (χ2v) is 7.88. The average molecular weight is 354 g/mol. The van der Waals surface area contributed by atoms with E-state index in [4.69, 9.17) is 4.74 Å². The molecule has 1 aliphatic rings. The van der Waals surface area contributed by atoms with E-state index in [2.05, 4.69) is 10.6 Å². The Balaban J connectivity index is 1.73. The summed E-state index contributed by atoms with van der Waals surface area (Å²) in [6.07, 6.45) is 0.843. The summed E-state index contributed by atoms with van der Waals surface area (Å²) >= 11 is 0. The van der Waals surface area contributed by atoms with E-state index in [0.717, 1.165) is 0 Å². The summed E-state index contributed by atoms with van der Waals surface area (Å²) in [6, 6.07) is 6.40. The van der Waals surface area contributed by atoms with Crippen molar-refractivity contribution < 1.29 is 22.7 Å². The van der Waals surface area contributed by atoms with Crippen molar-refractivity contribution in [2.45, 2.75) is 25.8 Å². The van der Waals surface area contributed by atoms with Crippen molar-refractivity contribution in [3.05, 3.63) is 29.8 Å². The molecule has 1 unspecified atom stereocenters. The van der Waals surface area contributed by atoms with E-state index in [1.54, 1.807) is 31.2 Å². The first kappa shape index (κ1) is 18.4. The van der Waals surface area contributed by atoms with E-state index in [9.17, 15) is 18.0 Å². The fraction of sp³-hybridized carbons (Fsp3) is 0.500. The lowest BCUT2D eigenvalue weighted by Crippen LogP contribution is -2.32. The van der Waals surface area contributed by atoms with E-state index in [1.165, 1.54) is 0 Å². The Kier molecular flexibility index (Phi) is 6.33. The van der Waals surface area contributed by atoms with Crippen molar-refractivity contribution in [2.75, 3.05) is 30.0 Å². The standard InChI is InChI=1S/C16H22N2O5S/c1-2-23-16(20)12-3-5-13(6-4-12)18-15(19)7-9-17-14-8-10-24(21,22)11-14/h3-6,14,17H,2,7-11H2,1H3,(H,18,19). The summed E-state index contributed by atoms with van der Waals surface area (Å²) in [5.41, 5.74) is 1.02. The predicted octanol–water partition coefficient (Wildman–Crippen LogP) is 0.969. The smallest absolute Gasteiger partial charge is 0.338 e. The quantitative estimate of drug-likeness (QED) is 0.708. The van der Waals surface area contributed by atoms with Crippen LogP contribution in [-0.4, -0.2) is 51.0 Å². The van der Waals surface area contributed by atoms with Gasteiger partial charge in [-0.05, 0) is 37.6 Å². The largest absolute Gasteiger partial charge is 0.462 e. The van der Waals surface area contributed by atoms with Gasteiger partial charge < -0.3 is 15.4 Å². The van der Waals surface area contributed by atoms with Crippen LogP contribution in [0.2, 0.25) is 0 Å². The van der Waals surface area contributed by atoms with E-state index in [0.29, 0.717) is 30.8 Å². The van der Waals surface area contributed by atoms with Gasteiger partial charge in [0.2, 0.25) is 5.91 Å². The molecule has 0 aliphatic carbocycles. The Bertz CT molecular complexity index is 685. The van der Waals surface area contributed by atoms with E-state index in [1.807, 2.05) is 0 Å². The fourth-order valence-corrected chi connectivity index (χ4v) is 4.18. The maximum Gasteiger partial charge on any atom is 0.338 e. The molecule has 0 bridgehead atoms. The highest BCUT2D eigenvalue weighted by Crippen LogP contribution is 2.12. The number of esters is 1. The van der Waals surface area contributed by atoms with Crippen molar-refractivity contribution in [1.29, 1.82) is 0 Å². The topological polar surface area (TPSA) is 102 Å². The second-order valence-electron chi connectivity index (χ2n) is 5.65. The highest BCUT2D eigenvalue weighted by molar-refractivity contribution is 7.91. The number of hydrogen-bond acceptors (Lipinski definition) is 6. The fourth-order valence-electron chi connectivity index (χ4n) is 2.47. The van der Waals surface area contributed by atoms with Gasteiger partial charge in [-0.25, -0.2) is 13.2 Å². The summed E-state index contributed by atoms with van der Waals surface area (Å²) in [7, 11) is -2.91. The van der Waals surface area contributed by atoms with Gasteiger partial charge in [-0.1, -0.05) is 0 Å². The molecule has 7 nitrogen and oxygen atoms in total. The zero-order chi connectivity index (χ0) is 17.6. The Hall–Kier alpha value is -1.93. The molecule has 8 heteroatoms. The molecule has 1 heterocycles. The minimum Gasteiger partial charge on any atom is -0.462 e. The van der Waals surface area contributed by atoms with Crippen LogP contribution in [0.15, 0.2) is 24.3 Å². The zero-order valence-corrected chi connectivity index (χ0v) is 14.4. The lowest BCUT2D eigenvalue weighted by molar-refractivity contribution is -0.116. The van der Waals surface area contributed by atoms with Gasteiger partial charge in [0.25, 0.3) is 0 Å². The summed E-state index contributed by atoms with van der Waals surface area (Å²) in [4.78, 5) is 23.4. The minimum absolute atomic E-state index is 0.0633. The molecular weight excluding hydrogens is 332 g/mol. The molecule has 1 aromatic rings. The minimum atomic E-state index is -2.91. The monoisotopic (exact) mass is 354 g/mol. The van der Waals surface area contributed by atoms with Crippen LogP contribution >= 0.6 is 0 Å². The van der Waals surface area contributed by atoms with Crippen LogP contribution in [0.4, 0.5) is 5.69 Å². The molecule has 132 valence electrons. The van der Waals surface area contributed by atoms with Gasteiger partial charge in [-0.15, -0.1) is 0 Å². The molecule has 1 atom stereocenters. The number of benzene rings is 1. The first-order chi connectivity index (χ1) is 11.4. The first-order valence-electron chi connectivity index (χ1n) is 7.90. The maximum atomic E-state index is 11.9. The van der Waals surface area contributed by atoms with Gasteiger partial charge in [0.1, 0.15) is 0 Å². The molecule has 0 aromatic heterocycles. The summed E-state index contributed by atoms with van der Waals surface area (Å²) in [5, 5.41) is 5.82. The molecule has 1 aliphatic heterocycles. The third kappa shape index (κ3) is 5.61. The molecule has 0 spiro atoms. The number of hydrogen-bond donors (Lipinski definition) is 2. The molecular formula is C16H22N2O5S. The summed E-state index contributed by atoms with van der Waals surface area (Å²) in [5.74, 6) is -0.216. The highest BCUT2D eigenvalue weighted by Gasteiger charge is 2.27. The van der Waals surface area contributed by atoms with Crippen LogP contribution in [0, 0.1) is 0 Å². The van der Waals surface area contributed by atoms with Gasteiger partial charge in [0.15, 0.2) is 9.84 Å². The number of ether oxygens (including phenoxy) is 1. The van der Waals surface area contributed by atoms with Crippen molar-refractivity contribution in [3.8, 4) is 0 Å². The number of nitrogens with one attached hydrogen (secondary N) is 2. The third-order valence-electron chi connectivity index (χ3n) is 3.70. The number of carbonyl (C=O) groups is 2. The Morgan fingerprint density at radius 3 is 2.54 bits per heavy atom. The number of sulfone groups is 1. The number of carbonyl (C=O) groups excluding carboxylic acids is 2. The van der Waals surface area contributed by atoms with Crippen LogP contribution in [0.1, 0.15) is 30.1 Å². The SMILES string of the molecule is CCOC(=O)c1ccc(NC(=O)CCNC2CCS(=O)(=O)C2)cc1. The van der Waals surface area contributed by atoms with Crippen LogP contribution < -0.4 is 10.6 Å². The number of anilines is 1. The Labute approximate surface area is 141 Å². The van der Waals surface area contributed by atoms with Crippen molar-refractivity contribution >= 4 is 27.4 Å². The third-order valence-corrected chi connectivity index (χ3v) is 5.47. The number of amides is 1. The van der Waals surface area contributed by atoms with E-state index in [-0.39, 0.29) is 29.9 Å². The zero-order valence-electron chi connectivity index (χ0n) is 13.6. The lowest BCUT2D eigenvalue weighted by Gasteiger charge is -2.10. The molecule has 1 fully saturated rings.